The second-order valence-corrected chi connectivity index (χ2v) is 6.32. The second kappa shape index (κ2) is 6.13. The number of nitrogens with one attached hydrogen (secondary N) is 1. The van der Waals surface area contributed by atoms with Crippen LogP contribution >= 0.6 is 11.6 Å². The molecule has 1 amide bonds. The van der Waals surface area contributed by atoms with Crippen LogP contribution in [0.25, 0.3) is 11.3 Å². The van der Waals surface area contributed by atoms with E-state index in [9.17, 15) is 4.79 Å². The fourth-order valence-corrected chi connectivity index (χ4v) is 3.20. The molecule has 2 aromatic carbocycles. The quantitative estimate of drug-likeness (QED) is 0.770. The third kappa shape index (κ3) is 2.69. The van der Waals surface area contributed by atoms with Crippen molar-refractivity contribution < 1.29 is 4.79 Å². The SMILES string of the molecule is O=C(c1ccccc1)N1CCc2[nH]nc(-c3ccc(Cl)cc3)c2C1. The minimum atomic E-state index is 0.0597. The van der Waals surface area contributed by atoms with Crippen molar-refractivity contribution in [3.63, 3.8) is 0 Å². The zero-order valence-corrected chi connectivity index (χ0v) is 13.8. The Labute approximate surface area is 145 Å². The maximum Gasteiger partial charge on any atom is 0.254 e. The third-order valence-electron chi connectivity index (χ3n) is 4.36. The lowest BCUT2D eigenvalue weighted by molar-refractivity contribution is 0.0734. The van der Waals surface area contributed by atoms with Gasteiger partial charge in [0.05, 0.1) is 5.69 Å². The lowest BCUT2D eigenvalue weighted by atomic mass is 10.0. The van der Waals surface area contributed by atoms with E-state index in [1.807, 2.05) is 59.5 Å². The molecule has 0 unspecified atom stereocenters. The molecule has 5 heteroatoms. The Morgan fingerprint density at radius 2 is 1.83 bits per heavy atom. The number of fused-ring (bicyclic) bond motifs is 1. The summed E-state index contributed by atoms with van der Waals surface area (Å²) in [5, 5.41) is 8.27. The fourth-order valence-electron chi connectivity index (χ4n) is 3.08. The molecule has 0 radical (unpaired) electrons. The molecular weight excluding hydrogens is 322 g/mol. The molecule has 120 valence electrons. The summed E-state index contributed by atoms with van der Waals surface area (Å²) in [6, 6.07) is 17.0. The van der Waals surface area contributed by atoms with Crippen molar-refractivity contribution in [1.82, 2.24) is 15.1 Å². The van der Waals surface area contributed by atoms with Gasteiger partial charge in [-0.1, -0.05) is 41.9 Å². The molecule has 1 aromatic heterocycles. The van der Waals surface area contributed by atoms with Crippen molar-refractivity contribution in [1.29, 1.82) is 0 Å². The molecule has 0 bridgehead atoms. The number of rotatable bonds is 2. The topological polar surface area (TPSA) is 49.0 Å². The first-order valence-electron chi connectivity index (χ1n) is 7.89. The maximum absolute atomic E-state index is 12.7. The van der Waals surface area contributed by atoms with Crippen LogP contribution in [0.3, 0.4) is 0 Å². The van der Waals surface area contributed by atoms with Crippen molar-refractivity contribution in [3.05, 3.63) is 76.4 Å². The third-order valence-corrected chi connectivity index (χ3v) is 4.61. The van der Waals surface area contributed by atoms with Gasteiger partial charge in [-0.15, -0.1) is 0 Å². The number of amides is 1. The summed E-state index contributed by atoms with van der Waals surface area (Å²) in [6.07, 6.45) is 0.786. The molecular formula is C19H16ClN3O. The maximum atomic E-state index is 12.7. The second-order valence-electron chi connectivity index (χ2n) is 5.88. The molecule has 1 aliphatic heterocycles. The number of carbonyl (C=O) groups is 1. The van der Waals surface area contributed by atoms with Gasteiger partial charge in [0.2, 0.25) is 0 Å². The van der Waals surface area contributed by atoms with Crippen LogP contribution in [0.4, 0.5) is 0 Å². The number of H-pyrrole nitrogens is 1. The van der Waals surface area contributed by atoms with Gasteiger partial charge < -0.3 is 4.90 Å². The first-order valence-corrected chi connectivity index (χ1v) is 8.26. The Morgan fingerprint density at radius 1 is 1.08 bits per heavy atom. The van der Waals surface area contributed by atoms with E-state index >= 15 is 0 Å². The predicted molar refractivity (Wildman–Crippen MR) is 93.9 cm³/mol. The van der Waals surface area contributed by atoms with E-state index in [0.29, 0.717) is 18.1 Å². The monoisotopic (exact) mass is 337 g/mol. The number of carbonyl (C=O) groups excluding carboxylic acids is 1. The molecule has 0 spiro atoms. The molecule has 3 aromatic rings. The Hall–Kier alpha value is -2.59. The van der Waals surface area contributed by atoms with E-state index in [4.69, 9.17) is 11.6 Å². The highest BCUT2D eigenvalue weighted by Crippen LogP contribution is 2.29. The van der Waals surface area contributed by atoms with E-state index in [-0.39, 0.29) is 5.91 Å². The molecule has 0 saturated heterocycles. The normalized spacial score (nSPS) is 13.6. The van der Waals surface area contributed by atoms with Gasteiger partial charge in [0.15, 0.2) is 0 Å². The van der Waals surface area contributed by atoms with E-state index in [1.54, 1.807) is 0 Å². The van der Waals surface area contributed by atoms with E-state index in [2.05, 4.69) is 10.2 Å². The number of halogens is 1. The highest BCUT2D eigenvalue weighted by Gasteiger charge is 2.26. The number of nitrogens with zero attached hydrogens (tertiary/aromatic N) is 2. The Kier molecular flexibility index (Phi) is 3.82. The number of benzene rings is 2. The molecule has 0 aliphatic carbocycles. The van der Waals surface area contributed by atoms with Gasteiger partial charge in [-0.3, -0.25) is 9.89 Å². The van der Waals surface area contributed by atoms with Gasteiger partial charge in [-0.05, 0) is 24.3 Å². The molecule has 1 aliphatic rings. The van der Waals surface area contributed by atoms with E-state index in [0.717, 1.165) is 34.5 Å². The van der Waals surface area contributed by atoms with Crippen LogP contribution in [-0.2, 0) is 13.0 Å². The van der Waals surface area contributed by atoms with Gasteiger partial charge in [-0.2, -0.15) is 5.10 Å². The molecule has 4 rings (SSSR count). The summed E-state index contributed by atoms with van der Waals surface area (Å²) in [7, 11) is 0. The lowest BCUT2D eigenvalue weighted by Crippen LogP contribution is -2.35. The summed E-state index contributed by atoms with van der Waals surface area (Å²) in [5.74, 6) is 0.0597. The van der Waals surface area contributed by atoms with Gasteiger partial charge in [0.1, 0.15) is 0 Å². The molecule has 24 heavy (non-hydrogen) atoms. The number of aromatic amines is 1. The van der Waals surface area contributed by atoms with Crippen LogP contribution in [0.2, 0.25) is 5.02 Å². The van der Waals surface area contributed by atoms with Crippen molar-refractivity contribution in [3.8, 4) is 11.3 Å². The van der Waals surface area contributed by atoms with Crippen molar-refractivity contribution in [2.24, 2.45) is 0 Å². The predicted octanol–water partition coefficient (Wildman–Crippen LogP) is 3.93. The first kappa shape index (κ1) is 15.0. The Morgan fingerprint density at radius 3 is 2.58 bits per heavy atom. The molecule has 0 saturated carbocycles. The zero-order chi connectivity index (χ0) is 16.5. The molecule has 1 N–H and O–H groups in total. The van der Waals surface area contributed by atoms with Crippen LogP contribution in [0.1, 0.15) is 21.6 Å². The standard InChI is InChI=1S/C19H16ClN3O/c20-15-8-6-13(7-9-15)18-16-12-23(11-10-17(16)21-22-18)19(24)14-4-2-1-3-5-14/h1-9H,10-12H2,(H,21,22). The van der Waals surface area contributed by atoms with Crippen LogP contribution in [0, 0.1) is 0 Å². The number of hydrogen-bond acceptors (Lipinski definition) is 2. The van der Waals surface area contributed by atoms with Crippen molar-refractivity contribution >= 4 is 17.5 Å². The number of aromatic nitrogens is 2. The molecule has 0 fully saturated rings. The summed E-state index contributed by atoms with van der Waals surface area (Å²) < 4.78 is 0. The van der Waals surface area contributed by atoms with Crippen LogP contribution < -0.4 is 0 Å². The van der Waals surface area contributed by atoms with Gasteiger partial charge >= 0.3 is 0 Å². The Bertz CT molecular complexity index is 871. The summed E-state index contributed by atoms with van der Waals surface area (Å²) in [5.41, 5.74) is 4.82. The molecule has 4 nitrogen and oxygen atoms in total. The van der Waals surface area contributed by atoms with Crippen LogP contribution in [-0.4, -0.2) is 27.5 Å². The van der Waals surface area contributed by atoms with E-state index in [1.165, 1.54) is 0 Å². The van der Waals surface area contributed by atoms with Gasteiger partial charge in [0.25, 0.3) is 5.91 Å². The van der Waals surface area contributed by atoms with Crippen LogP contribution in [0.5, 0.6) is 0 Å². The van der Waals surface area contributed by atoms with Crippen molar-refractivity contribution in [2.75, 3.05) is 6.54 Å². The van der Waals surface area contributed by atoms with Crippen molar-refractivity contribution in [2.45, 2.75) is 13.0 Å². The minimum Gasteiger partial charge on any atom is -0.334 e. The first-order chi connectivity index (χ1) is 11.7. The fraction of sp³-hybridized carbons (Fsp3) is 0.158. The van der Waals surface area contributed by atoms with Crippen LogP contribution in [0.15, 0.2) is 54.6 Å². The summed E-state index contributed by atoms with van der Waals surface area (Å²) in [4.78, 5) is 14.6. The summed E-state index contributed by atoms with van der Waals surface area (Å²) in [6.45, 7) is 1.26. The average molecular weight is 338 g/mol. The summed E-state index contributed by atoms with van der Waals surface area (Å²) >= 11 is 5.97. The molecule has 0 atom stereocenters. The lowest BCUT2D eigenvalue weighted by Gasteiger charge is -2.27. The highest BCUT2D eigenvalue weighted by atomic mass is 35.5. The van der Waals surface area contributed by atoms with Gasteiger partial charge in [0, 0.05) is 46.9 Å². The van der Waals surface area contributed by atoms with E-state index < -0.39 is 0 Å². The number of hydrogen-bond donors (Lipinski definition) is 1. The average Bonchev–Trinajstić information content (AvgIpc) is 3.05. The molecule has 2 heterocycles. The zero-order valence-electron chi connectivity index (χ0n) is 13.0. The largest absolute Gasteiger partial charge is 0.334 e. The Balaban J connectivity index is 1.64. The van der Waals surface area contributed by atoms with Gasteiger partial charge in [-0.25, -0.2) is 0 Å². The minimum absolute atomic E-state index is 0.0597. The smallest absolute Gasteiger partial charge is 0.254 e. The highest BCUT2D eigenvalue weighted by molar-refractivity contribution is 6.30.